The van der Waals surface area contributed by atoms with Crippen molar-refractivity contribution in [3.05, 3.63) is 27.0 Å². The number of nitrogens with zero attached hydrogens (tertiary/aromatic N) is 3. The predicted octanol–water partition coefficient (Wildman–Crippen LogP) is 0.0319. The molecule has 132 valence electrons. The first-order chi connectivity index (χ1) is 11.0. The summed E-state index contributed by atoms with van der Waals surface area (Å²) >= 11 is 0. The van der Waals surface area contributed by atoms with E-state index in [2.05, 4.69) is 5.32 Å². The maximum atomic E-state index is 12.3. The molecular formula is C15H22N4O5. The van der Waals surface area contributed by atoms with Crippen molar-refractivity contribution in [2.45, 2.75) is 38.8 Å². The van der Waals surface area contributed by atoms with Crippen molar-refractivity contribution >= 4 is 17.7 Å². The van der Waals surface area contributed by atoms with Gasteiger partial charge < -0.3 is 14.6 Å². The normalized spacial score (nSPS) is 17.2. The van der Waals surface area contributed by atoms with Crippen LogP contribution in [0.5, 0.6) is 0 Å². The SMILES string of the molecule is Cn1cc(NC(=O)[C@H]2CCN2C(=O)OC(C)(C)C)c(=O)n(C)c1=O. The van der Waals surface area contributed by atoms with Crippen LogP contribution in [-0.2, 0) is 23.6 Å². The second kappa shape index (κ2) is 6.14. The minimum atomic E-state index is -0.693. The maximum Gasteiger partial charge on any atom is 0.410 e. The number of carbonyl (C=O) groups is 2. The first-order valence-corrected chi connectivity index (χ1v) is 7.58. The van der Waals surface area contributed by atoms with Gasteiger partial charge >= 0.3 is 11.8 Å². The van der Waals surface area contributed by atoms with Crippen LogP contribution >= 0.6 is 0 Å². The number of nitrogens with one attached hydrogen (secondary N) is 1. The van der Waals surface area contributed by atoms with Gasteiger partial charge in [-0.1, -0.05) is 0 Å². The molecular weight excluding hydrogens is 316 g/mol. The van der Waals surface area contributed by atoms with Gasteiger partial charge in [0.25, 0.3) is 5.56 Å². The van der Waals surface area contributed by atoms with Crippen molar-refractivity contribution in [2.24, 2.45) is 14.1 Å². The number of rotatable bonds is 2. The van der Waals surface area contributed by atoms with Gasteiger partial charge in [-0.05, 0) is 27.2 Å². The summed E-state index contributed by atoms with van der Waals surface area (Å²) in [5.41, 5.74) is -1.76. The van der Waals surface area contributed by atoms with E-state index in [1.54, 1.807) is 20.8 Å². The molecule has 1 atom stereocenters. The molecule has 0 radical (unpaired) electrons. The number of hydrogen-bond donors (Lipinski definition) is 1. The summed E-state index contributed by atoms with van der Waals surface area (Å²) in [7, 11) is 2.81. The zero-order valence-corrected chi connectivity index (χ0v) is 14.5. The number of aromatic nitrogens is 2. The zero-order chi connectivity index (χ0) is 18.2. The van der Waals surface area contributed by atoms with E-state index in [1.165, 1.54) is 29.8 Å². The molecule has 1 fully saturated rings. The van der Waals surface area contributed by atoms with E-state index in [0.29, 0.717) is 13.0 Å². The molecule has 1 aliphatic heterocycles. The quantitative estimate of drug-likeness (QED) is 0.820. The fraction of sp³-hybridized carbons (Fsp3) is 0.600. The van der Waals surface area contributed by atoms with Crippen LogP contribution < -0.4 is 16.6 Å². The summed E-state index contributed by atoms with van der Waals surface area (Å²) in [6, 6.07) is -0.693. The van der Waals surface area contributed by atoms with Crippen LogP contribution in [0.3, 0.4) is 0 Å². The highest BCUT2D eigenvalue weighted by molar-refractivity contribution is 5.97. The lowest BCUT2D eigenvalue weighted by molar-refractivity contribution is -0.125. The zero-order valence-electron chi connectivity index (χ0n) is 14.5. The molecule has 2 amide bonds. The van der Waals surface area contributed by atoms with Crippen molar-refractivity contribution in [3.63, 3.8) is 0 Å². The summed E-state index contributed by atoms with van der Waals surface area (Å²) in [5, 5.41) is 2.49. The Bertz CT molecular complexity index is 787. The van der Waals surface area contributed by atoms with Gasteiger partial charge in [-0.25, -0.2) is 9.59 Å². The lowest BCUT2D eigenvalue weighted by atomic mass is 10.0. The van der Waals surface area contributed by atoms with Gasteiger partial charge in [-0.2, -0.15) is 0 Å². The molecule has 9 heteroatoms. The molecule has 1 aromatic heterocycles. The number of likely N-dealkylation sites (tertiary alicyclic amines) is 1. The van der Waals surface area contributed by atoms with Crippen LogP contribution in [0.15, 0.2) is 15.8 Å². The van der Waals surface area contributed by atoms with E-state index in [0.717, 1.165) is 4.57 Å². The van der Waals surface area contributed by atoms with Gasteiger partial charge in [0.2, 0.25) is 5.91 Å². The molecule has 0 aliphatic carbocycles. The van der Waals surface area contributed by atoms with Gasteiger partial charge in [0, 0.05) is 26.8 Å². The number of hydrogen-bond acceptors (Lipinski definition) is 5. The number of anilines is 1. The monoisotopic (exact) mass is 338 g/mol. The minimum absolute atomic E-state index is 0.0133. The highest BCUT2D eigenvalue weighted by atomic mass is 16.6. The van der Waals surface area contributed by atoms with Gasteiger partial charge in [-0.3, -0.25) is 19.1 Å². The van der Waals surface area contributed by atoms with E-state index in [9.17, 15) is 19.2 Å². The Morgan fingerprint density at radius 2 is 1.88 bits per heavy atom. The third-order valence-corrected chi connectivity index (χ3v) is 3.65. The summed E-state index contributed by atoms with van der Waals surface area (Å²) in [6.45, 7) is 5.65. The molecule has 1 aromatic rings. The van der Waals surface area contributed by atoms with Crippen LogP contribution in [0.25, 0.3) is 0 Å². The number of ether oxygens (including phenoxy) is 1. The predicted molar refractivity (Wildman–Crippen MR) is 86.9 cm³/mol. The molecule has 1 aliphatic rings. The topological polar surface area (TPSA) is 103 Å². The molecule has 24 heavy (non-hydrogen) atoms. The van der Waals surface area contributed by atoms with E-state index in [-0.39, 0.29) is 5.69 Å². The highest BCUT2D eigenvalue weighted by Crippen LogP contribution is 2.22. The molecule has 2 rings (SSSR count). The standard InChI is InChI=1S/C15H22N4O5/c1-15(2,3)24-14(23)19-7-6-10(19)11(20)16-9-8-17(4)13(22)18(5)12(9)21/h8,10H,6-7H2,1-5H3,(H,16,20)/t10-/m1/s1. The molecule has 1 N–H and O–H groups in total. The van der Waals surface area contributed by atoms with Crippen molar-refractivity contribution in [1.29, 1.82) is 0 Å². The Labute approximate surface area is 138 Å². The average Bonchev–Trinajstić information content (AvgIpc) is 2.39. The van der Waals surface area contributed by atoms with Crippen LogP contribution in [0.4, 0.5) is 10.5 Å². The van der Waals surface area contributed by atoms with Crippen molar-refractivity contribution < 1.29 is 14.3 Å². The van der Waals surface area contributed by atoms with Gasteiger partial charge in [0.05, 0.1) is 0 Å². The second-order valence-corrected chi connectivity index (χ2v) is 6.77. The molecule has 9 nitrogen and oxygen atoms in total. The molecule has 0 bridgehead atoms. The fourth-order valence-electron chi connectivity index (χ4n) is 2.31. The van der Waals surface area contributed by atoms with Gasteiger partial charge in [0.15, 0.2) is 0 Å². The first-order valence-electron chi connectivity index (χ1n) is 7.58. The van der Waals surface area contributed by atoms with Gasteiger partial charge in [0.1, 0.15) is 17.3 Å². The molecule has 0 saturated carbocycles. The Morgan fingerprint density at radius 3 is 2.38 bits per heavy atom. The smallest absolute Gasteiger partial charge is 0.410 e. The van der Waals surface area contributed by atoms with Crippen LogP contribution in [0.2, 0.25) is 0 Å². The minimum Gasteiger partial charge on any atom is -0.444 e. The number of amides is 2. The maximum absolute atomic E-state index is 12.3. The van der Waals surface area contributed by atoms with E-state index >= 15 is 0 Å². The highest BCUT2D eigenvalue weighted by Gasteiger charge is 2.40. The Balaban J connectivity index is 2.13. The van der Waals surface area contributed by atoms with Gasteiger partial charge in [-0.15, -0.1) is 0 Å². The van der Waals surface area contributed by atoms with Crippen LogP contribution in [-0.4, -0.2) is 44.2 Å². The molecule has 0 aromatic carbocycles. The van der Waals surface area contributed by atoms with Crippen molar-refractivity contribution in [1.82, 2.24) is 14.0 Å². The van der Waals surface area contributed by atoms with Crippen LogP contribution in [0, 0.1) is 0 Å². The molecule has 0 unspecified atom stereocenters. The summed E-state index contributed by atoms with van der Waals surface area (Å²) in [4.78, 5) is 49.4. The molecule has 1 saturated heterocycles. The molecule has 2 heterocycles. The number of carbonyl (C=O) groups excluding carboxylic acids is 2. The first kappa shape index (κ1) is 17.8. The van der Waals surface area contributed by atoms with Crippen molar-refractivity contribution in [3.8, 4) is 0 Å². The summed E-state index contributed by atoms with van der Waals surface area (Å²) < 4.78 is 7.35. The van der Waals surface area contributed by atoms with Crippen LogP contribution in [0.1, 0.15) is 27.2 Å². The van der Waals surface area contributed by atoms with Crippen molar-refractivity contribution in [2.75, 3.05) is 11.9 Å². The Hall–Kier alpha value is -2.58. The largest absolute Gasteiger partial charge is 0.444 e. The van der Waals surface area contributed by atoms with E-state index in [4.69, 9.17) is 4.74 Å². The number of aryl methyl sites for hydroxylation is 1. The Kier molecular flexibility index (Phi) is 4.54. The summed E-state index contributed by atoms with van der Waals surface area (Å²) in [6.07, 6.45) is 1.18. The van der Waals surface area contributed by atoms with E-state index < -0.39 is 34.9 Å². The third-order valence-electron chi connectivity index (χ3n) is 3.65. The van der Waals surface area contributed by atoms with E-state index in [1.807, 2.05) is 0 Å². The fourth-order valence-corrected chi connectivity index (χ4v) is 2.31. The average molecular weight is 338 g/mol. The second-order valence-electron chi connectivity index (χ2n) is 6.77. The summed E-state index contributed by atoms with van der Waals surface area (Å²) in [5.74, 6) is -0.483. The Morgan fingerprint density at radius 1 is 1.25 bits per heavy atom. The third kappa shape index (κ3) is 3.50. The lowest BCUT2D eigenvalue weighted by Gasteiger charge is -2.40. The molecule has 0 spiro atoms. The lowest BCUT2D eigenvalue weighted by Crippen LogP contribution is -2.58.